The van der Waals surface area contributed by atoms with E-state index < -0.39 is 10.9 Å². The maximum atomic E-state index is 11.9. The van der Waals surface area contributed by atoms with E-state index in [1.54, 1.807) is 6.92 Å². The summed E-state index contributed by atoms with van der Waals surface area (Å²) in [5.74, 6) is -0.980. The second kappa shape index (κ2) is 7.22. The molecule has 9 nitrogen and oxygen atoms in total. The molecule has 1 heterocycles. The minimum absolute atomic E-state index is 0.101. The van der Waals surface area contributed by atoms with Gasteiger partial charge in [-0.15, -0.1) is 0 Å². The molecule has 0 aliphatic rings. The van der Waals surface area contributed by atoms with Gasteiger partial charge in [-0.25, -0.2) is 0 Å². The number of aromatic nitrogens is 2. The molecule has 0 radical (unpaired) electrons. The van der Waals surface area contributed by atoms with Crippen LogP contribution in [-0.2, 0) is 20.9 Å². The van der Waals surface area contributed by atoms with Crippen LogP contribution in [0.2, 0.25) is 0 Å². The van der Waals surface area contributed by atoms with Gasteiger partial charge in [0.2, 0.25) is 12.2 Å². The minimum Gasteiger partial charge on any atom is -0.468 e. The Kier molecular flexibility index (Phi) is 5.63. The summed E-state index contributed by atoms with van der Waals surface area (Å²) in [4.78, 5) is 37.8. The predicted octanol–water partition coefficient (Wildman–Crippen LogP) is 0.203. The van der Waals surface area contributed by atoms with E-state index in [4.69, 9.17) is 0 Å². The molecule has 9 heteroatoms. The first-order chi connectivity index (χ1) is 9.47. The second-order valence-corrected chi connectivity index (χ2v) is 3.96. The van der Waals surface area contributed by atoms with Crippen LogP contribution in [-0.4, -0.2) is 51.5 Å². The number of nitrogens with zero attached hydrogens (tertiary/aromatic N) is 4. The molecule has 1 rings (SSSR count). The quantitative estimate of drug-likeness (QED) is 0.402. The van der Waals surface area contributed by atoms with Crippen LogP contribution in [0.15, 0.2) is 12.5 Å². The highest BCUT2D eigenvalue weighted by molar-refractivity contribution is 5.81. The summed E-state index contributed by atoms with van der Waals surface area (Å²) in [5, 5.41) is 10.5. The number of carbonyl (C=O) groups excluding carboxylic acids is 2. The third kappa shape index (κ3) is 4.34. The Morgan fingerprint density at radius 3 is 2.75 bits per heavy atom. The average Bonchev–Trinajstić information content (AvgIpc) is 2.90. The van der Waals surface area contributed by atoms with E-state index in [0.29, 0.717) is 6.54 Å². The number of ether oxygens (including phenoxy) is 1. The summed E-state index contributed by atoms with van der Waals surface area (Å²) in [7, 11) is 1.26. The topological polar surface area (TPSA) is 108 Å². The molecule has 0 saturated carbocycles. The van der Waals surface area contributed by atoms with Crippen molar-refractivity contribution in [1.82, 2.24) is 14.5 Å². The number of esters is 1. The van der Waals surface area contributed by atoms with Crippen LogP contribution in [0.5, 0.6) is 0 Å². The van der Waals surface area contributed by atoms with Crippen molar-refractivity contribution < 1.29 is 19.2 Å². The maximum absolute atomic E-state index is 11.9. The van der Waals surface area contributed by atoms with E-state index in [9.17, 15) is 19.7 Å². The molecule has 0 spiro atoms. The van der Waals surface area contributed by atoms with Crippen molar-refractivity contribution in [3.63, 3.8) is 0 Å². The van der Waals surface area contributed by atoms with Crippen LogP contribution in [0.1, 0.15) is 13.3 Å². The number of likely N-dealkylation sites (N-methyl/N-ethyl adjacent to an activating group) is 1. The molecule has 20 heavy (non-hydrogen) atoms. The summed E-state index contributed by atoms with van der Waals surface area (Å²) < 4.78 is 5.96. The Hall–Kier alpha value is -2.45. The van der Waals surface area contributed by atoms with Crippen LogP contribution >= 0.6 is 0 Å². The SMILES string of the molecule is CCN(CC(=O)OC)C(=O)CCn1cnc([N+](=O)[O-])c1. The third-order valence-electron chi connectivity index (χ3n) is 2.67. The molecule has 0 fully saturated rings. The van der Waals surface area contributed by atoms with Gasteiger partial charge in [-0.1, -0.05) is 0 Å². The van der Waals surface area contributed by atoms with Crippen LogP contribution in [0.3, 0.4) is 0 Å². The van der Waals surface area contributed by atoms with Crippen molar-refractivity contribution in [1.29, 1.82) is 0 Å². The normalized spacial score (nSPS) is 10.1. The monoisotopic (exact) mass is 284 g/mol. The summed E-state index contributed by atoms with van der Waals surface area (Å²) >= 11 is 0. The Morgan fingerprint density at radius 1 is 1.55 bits per heavy atom. The van der Waals surface area contributed by atoms with Gasteiger partial charge in [0.15, 0.2) is 0 Å². The van der Waals surface area contributed by atoms with Crippen LogP contribution < -0.4 is 0 Å². The van der Waals surface area contributed by atoms with E-state index in [0.717, 1.165) is 0 Å². The van der Waals surface area contributed by atoms with E-state index >= 15 is 0 Å². The van der Waals surface area contributed by atoms with Crippen molar-refractivity contribution >= 4 is 17.7 Å². The number of carbonyl (C=O) groups is 2. The van der Waals surface area contributed by atoms with Crippen molar-refractivity contribution in [3.05, 3.63) is 22.6 Å². The molecule has 0 saturated heterocycles. The number of nitro groups is 1. The average molecular weight is 284 g/mol. The highest BCUT2D eigenvalue weighted by Crippen LogP contribution is 2.07. The summed E-state index contributed by atoms with van der Waals surface area (Å²) in [6, 6.07) is 0. The molecule has 1 aromatic heterocycles. The second-order valence-electron chi connectivity index (χ2n) is 3.96. The first-order valence-corrected chi connectivity index (χ1v) is 5.98. The standard InChI is InChI=1S/C11H16N4O5/c1-3-14(7-11(17)20-2)10(16)4-5-13-6-9(12-8-13)15(18)19/h6,8H,3-5,7H2,1-2H3. The first kappa shape index (κ1) is 15.6. The van der Waals surface area contributed by atoms with E-state index in [2.05, 4.69) is 9.72 Å². The molecule has 1 amide bonds. The Bertz CT molecular complexity index is 499. The Morgan fingerprint density at radius 2 is 2.25 bits per heavy atom. The zero-order valence-corrected chi connectivity index (χ0v) is 11.3. The lowest BCUT2D eigenvalue weighted by atomic mass is 10.3. The Balaban J connectivity index is 2.51. The summed E-state index contributed by atoms with van der Waals surface area (Å²) in [6.45, 7) is 2.30. The predicted molar refractivity (Wildman–Crippen MR) is 67.8 cm³/mol. The summed E-state index contributed by atoms with van der Waals surface area (Å²) in [6.07, 6.45) is 2.67. The molecular formula is C11H16N4O5. The molecule has 0 aliphatic carbocycles. The number of amides is 1. The van der Waals surface area contributed by atoms with Gasteiger partial charge in [-0.2, -0.15) is 0 Å². The fraction of sp³-hybridized carbons (Fsp3) is 0.545. The maximum Gasteiger partial charge on any atom is 0.381 e. The van der Waals surface area contributed by atoms with E-state index in [-0.39, 0.29) is 31.2 Å². The molecule has 0 unspecified atom stereocenters. The molecule has 0 aromatic carbocycles. The zero-order valence-electron chi connectivity index (χ0n) is 11.3. The number of hydrogen-bond acceptors (Lipinski definition) is 6. The smallest absolute Gasteiger partial charge is 0.381 e. The van der Waals surface area contributed by atoms with Gasteiger partial charge >= 0.3 is 11.8 Å². The lowest BCUT2D eigenvalue weighted by molar-refractivity contribution is -0.389. The van der Waals surface area contributed by atoms with Gasteiger partial charge in [0.05, 0.1) is 7.11 Å². The minimum atomic E-state index is -0.603. The fourth-order valence-corrected chi connectivity index (χ4v) is 1.54. The van der Waals surface area contributed by atoms with Crippen molar-refractivity contribution in [2.45, 2.75) is 19.9 Å². The fourth-order valence-electron chi connectivity index (χ4n) is 1.54. The number of methoxy groups -OCH3 is 1. The van der Waals surface area contributed by atoms with Crippen LogP contribution in [0, 0.1) is 10.1 Å². The highest BCUT2D eigenvalue weighted by atomic mass is 16.6. The molecule has 1 aromatic rings. The van der Waals surface area contributed by atoms with Gasteiger partial charge in [0.1, 0.15) is 12.7 Å². The summed E-state index contributed by atoms with van der Waals surface area (Å²) in [5.41, 5.74) is 0. The molecule has 0 aliphatic heterocycles. The van der Waals surface area contributed by atoms with E-state index in [1.165, 1.54) is 29.1 Å². The Labute approximate surface area is 115 Å². The van der Waals surface area contributed by atoms with Gasteiger partial charge in [0.25, 0.3) is 0 Å². The lowest BCUT2D eigenvalue weighted by Gasteiger charge is -2.19. The highest BCUT2D eigenvalue weighted by Gasteiger charge is 2.16. The molecular weight excluding hydrogens is 268 g/mol. The van der Waals surface area contributed by atoms with Crippen molar-refractivity contribution in [2.75, 3.05) is 20.2 Å². The number of imidazole rings is 1. The van der Waals surface area contributed by atoms with Gasteiger partial charge in [0, 0.05) is 19.5 Å². The number of rotatable bonds is 7. The molecule has 0 N–H and O–H groups in total. The first-order valence-electron chi connectivity index (χ1n) is 5.98. The van der Waals surface area contributed by atoms with Crippen molar-refractivity contribution in [3.8, 4) is 0 Å². The van der Waals surface area contributed by atoms with Crippen LogP contribution in [0.4, 0.5) is 5.82 Å². The number of aryl methyl sites for hydroxylation is 1. The third-order valence-corrected chi connectivity index (χ3v) is 2.67. The van der Waals surface area contributed by atoms with Crippen molar-refractivity contribution in [2.24, 2.45) is 0 Å². The van der Waals surface area contributed by atoms with Gasteiger partial charge in [-0.3, -0.25) is 9.59 Å². The molecule has 0 bridgehead atoms. The van der Waals surface area contributed by atoms with E-state index in [1.807, 2.05) is 0 Å². The van der Waals surface area contributed by atoms with Gasteiger partial charge < -0.3 is 24.3 Å². The molecule has 0 atom stereocenters. The number of hydrogen-bond donors (Lipinski definition) is 0. The van der Waals surface area contributed by atoms with Crippen LogP contribution in [0.25, 0.3) is 0 Å². The largest absolute Gasteiger partial charge is 0.468 e. The zero-order chi connectivity index (χ0) is 15.1. The van der Waals surface area contributed by atoms with Gasteiger partial charge in [-0.05, 0) is 16.8 Å². The lowest BCUT2D eigenvalue weighted by Crippen LogP contribution is -2.36. The molecule has 110 valence electrons.